The van der Waals surface area contributed by atoms with Crippen molar-refractivity contribution in [2.45, 2.75) is 49.2 Å². The third kappa shape index (κ3) is 2.46. The van der Waals surface area contributed by atoms with Crippen LogP contribution in [0.5, 0.6) is 0 Å². The third-order valence-electron chi connectivity index (χ3n) is 3.15. The summed E-state index contributed by atoms with van der Waals surface area (Å²) in [4.78, 5) is 0. The summed E-state index contributed by atoms with van der Waals surface area (Å²) < 4.78 is 2.34. The molecule has 2 fully saturated rings. The molecule has 0 bridgehead atoms. The second-order valence-electron chi connectivity index (χ2n) is 4.84. The lowest BCUT2D eigenvalue weighted by Crippen LogP contribution is -2.10. The smallest absolute Gasteiger partial charge is 0.191 e. The van der Waals surface area contributed by atoms with E-state index in [0.717, 1.165) is 10.9 Å². The lowest BCUT2D eigenvalue weighted by molar-refractivity contribution is 0.627. The van der Waals surface area contributed by atoms with Gasteiger partial charge in [-0.25, -0.2) is 0 Å². The molecule has 6 heteroatoms. The van der Waals surface area contributed by atoms with Gasteiger partial charge in [0.25, 0.3) is 0 Å². The number of aromatic nitrogens is 3. The maximum absolute atomic E-state index is 7.22. The molecule has 3 rings (SSSR count). The van der Waals surface area contributed by atoms with Crippen LogP contribution in [0.3, 0.4) is 0 Å². The first-order chi connectivity index (χ1) is 8.25. The van der Waals surface area contributed by atoms with Crippen LogP contribution in [0.2, 0.25) is 0 Å². The van der Waals surface area contributed by atoms with Gasteiger partial charge in [0.05, 0.1) is 5.84 Å². The minimum Gasteiger partial charge on any atom is -0.388 e. The van der Waals surface area contributed by atoms with E-state index in [1.165, 1.54) is 31.5 Å². The van der Waals surface area contributed by atoms with Crippen molar-refractivity contribution < 1.29 is 0 Å². The average Bonchev–Trinajstić information content (AvgIpc) is 3.18. The molecule has 17 heavy (non-hydrogen) atoms. The largest absolute Gasteiger partial charge is 0.388 e. The minimum absolute atomic E-state index is 0.248. The Labute approximate surface area is 105 Å². The second-order valence-corrected chi connectivity index (χ2v) is 5.90. The SMILES string of the molecule is N=C(N)CCSc1nnc(C2CC2)n1C1CC1. The lowest BCUT2D eigenvalue weighted by Gasteiger charge is -2.07. The molecule has 0 aliphatic heterocycles. The van der Waals surface area contributed by atoms with Crippen molar-refractivity contribution in [2.24, 2.45) is 5.73 Å². The Balaban J connectivity index is 1.72. The highest BCUT2D eigenvalue weighted by molar-refractivity contribution is 7.99. The number of hydrogen-bond donors (Lipinski definition) is 2. The van der Waals surface area contributed by atoms with Crippen LogP contribution in [0.4, 0.5) is 0 Å². The molecule has 0 amide bonds. The highest BCUT2D eigenvalue weighted by Gasteiger charge is 2.36. The Kier molecular flexibility index (Phi) is 2.82. The molecule has 3 N–H and O–H groups in total. The topological polar surface area (TPSA) is 80.6 Å². The molecular weight excluding hydrogens is 234 g/mol. The van der Waals surface area contributed by atoms with Crippen LogP contribution in [0.25, 0.3) is 0 Å². The van der Waals surface area contributed by atoms with E-state index in [-0.39, 0.29) is 5.84 Å². The molecule has 2 saturated carbocycles. The molecule has 0 radical (unpaired) electrons. The monoisotopic (exact) mass is 251 g/mol. The van der Waals surface area contributed by atoms with E-state index in [4.69, 9.17) is 11.1 Å². The average molecular weight is 251 g/mol. The van der Waals surface area contributed by atoms with Crippen molar-refractivity contribution in [3.05, 3.63) is 5.82 Å². The normalized spacial score (nSPS) is 19.5. The van der Waals surface area contributed by atoms with Crippen LogP contribution in [0.1, 0.15) is 49.9 Å². The van der Waals surface area contributed by atoms with E-state index in [2.05, 4.69) is 14.8 Å². The summed E-state index contributed by atoms with van der Waals surface area (Å²) in [6.45, 7) is 0. The highest BCUT2D eigenvalue weighted by Crippen LogP contribution is 2.45. The molecule has 0 atom stereocenters. The van der Waals surface area contributed by atoms with Crippen molar-refractivity contribution in [3.63, 3.8) is 0 Å². The number of thioether (sulfide) groups is 1. The molecule has 1 heterocycles. The Bertz CT molecular complexity index is 433. The summed E-state index contributed by atoms with van der Waals surface area (Å²) in [5, 5.41) is 16.9. The number of hydrogen-bond acceptors (Lipinski definition) is 4. The Morgan fingerprint density at radius 3 is 2.71 bits per heavy atom. The van der Waals surface area contributed by atoms with Crippen LogP contribution in [0.15, 0.2) is 5.16 Å². The van der Waals surface area contributed by atoms with Crippen LogP contribution in [0, 0.1) is 5.41 Å². The number of nitrogens with two attached hydrogens (primary N) is 1. The third-order valence-corrected chi connectivity index (χ3v) is 4.09. The molecule has 92 valence electrons. The molecule has 0 unspecified atom stereocenters. The summed E-state index contributed by atoms with van der Waals surface area (Å²) in [6.07, 6.45) is 5.68. The number of rotatable bonds is 6. The van der Waals surface area contributed by atoms with Crippen molar-refractivity contribution in [3.8, 4) is 0 Å². The predicted octanol–water partition coefficient (Wildman–Crippen LogP) is 1.91. The molecule has 0 aromatic carbocycles. The standard InChI is InChI=1S/C11H17N5S/c12-9(13)5-6-17-11-15-14-10(7-1-2-7)16(11)8-3-4-8/h7-8H,1-6H2,(H3,12,13). The molecule has 0 spiro atoms. The van der Waals surface area contributed by atoms with E-state index >= 15 is 0 Å². The summed E-state index contributed by atoms with van der Waals surface area (Å²) in [5.41, 5.74) is 5.36. The van der Waals surface area contributed by atoms with E-state index in [0.29, 0.717) is 18.4 Å². The van der Waals surface area contributed by atoms with E-state index in [1.807, 2.05) is 0 Å². The first kappa shape index (κ1) is 11.1. The van der Waals surface area contributed by atoms with E-state index < -0.39 is 0 Å². The van der Waals surface area contributed by atoms with Gasteiger partial charge in [0, 0.05) is 24.1 Å². The molecular formula is C11H17N5S. The molecule has 5 nitrogen and oxygen atoms in total. The van der Waals surface area contributed by atoms with Crippen molar-refractivity contribution in [1.82, 2.24) is 14.8 Å². The summed E-state index contributed by atoms with van der Waals surface area (Å²) >= 11 is 1.68. The van der Waals surface area contributed by atoms with E-state index in [1.54, 1.807) is 11.8 Å². The minimum atomic E-state index is 0.248. The van der Waals surface area contributed by atoms with Crippen molar-refractivity contribution >= 4 is 17.6 Å². The fraction of sp³-hybridized carbons (Fsp3) is 0.727. The fourth-order valence-corrected chi connectivity index (χ4v) is 2.92. The van der Waals surface area contributed by atoms with Gasteiger partial charge in [0.15, 0.2) is 5.16 Å². The summed E-state index contributed by atoms with van der Waals surface area (Å²) in [5.74, 6) is 2.92. The zero-order valence-corrected chi connectivity index (χ0v) is 10.5. The van der Waals surface area contributed by atoms with Crippen LogP contribution in [-0.2, 0) is 0 Å². The van der Waals surface area contributed by atoms with Gasteiger partial charge < -0.3 is 10.3 Å². The van der Waals surface area contributed by atoms with E-state index in [9.17, 15) is 0 Å². The summed E-state index contributed by atoms with van der Waals surface area (Å²) in [6, 6.07) is 0.639. The number of amidine groups is 1. The Morgan fingerprint density at radius 2 is 2.12 bits per heavy atom. The van der Waals surface area contributed by atoms with Crippen LogP contribution >= 0.6 is 11.8 Å². The first-order valence-electron chi connectivity index (χ1n) is 6.16. The maximum Gasteiger partial charge on any atom is 0.191 e. The van der Waals surface area contributed by atoms with Gasteiger partial charge in [-0.2, -0.15) is 0 Å². The lowest BCUT2D eigenvalue weighted by atomic mass is 10.4. The van der Waals surface area contributed by atoms with Gasteiger partial charge in [-0.05, 0) is 25.7 Å². The fourth-order valence-electron chi connectivity index (χ4n) is 1.93. The first-order valence-corrected chi connectivity index (χ1v) is 7.14. The van der Waals surface area contributed by atoms with Crippen molar-refractivity contribution in [1.29, 1.82) is 5.41 Å². The highest BCUT2D eigenvalue weighted by atomic mass is 32.2. The second kappa shape index (κ2) is 4.33. The zero-order valence-electron chi connectivity index (χ0n) is 9.72. The van der Waals surface area contributed by atoms with Gasteiger partial charge >= 0.3 is 0 Å². The summed E-state index contributed by atoms with van der Waals surface area (Å²) in [7, 11) is 0. The Hall–Kier alpha value is -1.04. The van der Waals surface area contributed by atoms with Gasteiger partial charge in [-0.15, -0.1) is 10.2 Å². The van der Waals surface area contributed by atoms with Gasteiger partial charge in [-0.1, -0.05) is 11.8 Å². The number of nitrogens with zero attached hydrogens (tertiary/aromatic N) is 3. The Morgan fingerprint density at radius 1 is 1.35 bits per heavy atom. The molecule has 0 saturated heterocycles. The van der Waals surface area contributed by atoms with Crippen LogP contribution in [-0.4, -0.2) is 26.4 Å². The zero-order chi connectivity index (χ0) is 11.8. The van der Waals surface area contributed by atoms with Crippen molar-refractivity contribution in [2.75, 3.05) is 5.75 Å². The van der Waals surface area contributed by atoms with Gasteiger partial charge in [0.2, 0.25) is 0 Å². The van der Waals surface area contributed by atoms with Gasteiger partial charge in [-0.3, -0.25) is 5.41 Å². The maximum atomic E-state index is 7.22. The molecule has 2 aliphatic rings. The quantitative estimate of drug-likeness (QED) is 0.460. The van der Waals surface area contributed by atoms with Crippen LogP contribution < -0.4 is 5.73 Å². The van der Waals surface area contributed by atoms with Gasteiger partial charge in [0.1, 0.15) is 5.82 Å². The molecule has 2 aliphatic carbocycles. The number of nitrogens with one attached hydrogen (secondary N) is 1. The predicted molar refractivity (Wildman–Crippen MR) is 67.5 cm³/mol. The molecule has 1 aromatic rings. The molecule has 1 aromatic heterocycles.